The lowest BCUT2D eigenvalue weighted by atomic mass is 9.98. The third-order valence-corrected chi connectivity index (χ3v) is 4.69. The highest BCUT2D eigenvalue weighted by molar-refractivity contribution is 6.03. The van der Waals surface area contributed by atoms with E-state index >= 15 is 0 Å². The van der Waals surface area contributed by atoms with Gasteiger partial charge in [0.15, 0.2) is 0 Å². The molecule has 1 aromatic heterocycles. The highest BCUT2D eigenvalue weighted by Crippen LogP contribution is 2.34. The number of amides is 1. The van der Waals surface area contributed by atoms with Crippen LogP contribution in [0.2, 0.25) is 0 Å². The lowest BCUT2D eigenvalue weighted by Gasteiger charge is -2.22. The smallest absolute Gasteiger partial charge is 0.243 e. The number of halogens is 1. The molecule has 0 radical (unpaired) electrons. The van der Waals surface area contributed by atoms with Gasteiger partial charge in [-0.25, -0.2) is 9.40 Å². The van der Waals surface area contributed by atoms with Crippen LogP contribution in [0.4, 0.5) is 4.39 Å². The SMILES string of the molecule is CCCC(=O)N1N=C(c2ccc(F)cc2)CC1c1ccc2nccnc2c1. The van der Waals surface area contributed by atoms with Crippen molar-refractivity contribution in [3.8, 4) is 0 Å². The van der Waals surface area contributed by atoms with E-state index < -0.39 is 0 Å². The molecule has 6 heteroatoms. The summed E-state index contributed by atoms with van der Waals surface area (Å²) >= 11 is 0. The number of rotatable bonds is 4. The van der Waals surface area contributed by atoms with Gasteiger partial charge in [0, 0.05) is 25.2 Å². The number of hydrogen-bond donors (Lipinski definition) is 0. The van der Waals surface area contributed by atoms with E-state index in [2.05, 4.69) is 15.1 Å². The molecule has 2 heterocycles. The molecule has 1 unspecified atom stereocenters. The minimum absolute atomic E-state index is 0.0149. The Labute approximate surface area is 156 Å². The number of hydrazone groups is 1. The largest absolute Gasteiger partial charge is 0.273 e. The number of carbonyl (C=O) groups is 1. The normalized spacial score (nSPS) is 16.6. The van der Waals surface area contributed by atoms with Crippen LogP contribution in [0, 0.1) is 5.82 Å². The Kier molecular flexibility index (Phi) is 4.62. The summed E-state index contributed by atoms with van der Waals surface area (Å²) in [6, 6.07) is 11.9. The molecular formula is C21H19FN4O. The van der Waals surface area contributed by atoms with E-state index in [1.54, 1.807) is 29.5 Å². The van der Waals surface area contributed by atoms with Crippen molar-refractivity contribution in [3.05, 3.63) is 71.8 Å². The van der Waals surface area contributed by atoms with Crippen molar-refractivity contribution < 1.29 is 9.18 Å². The highest BCUT2D eigenvalue weighted by atomic mass is 19.1. The van der Waals surface area contributed by atoms with Crippen LogP contribution in [-0.4, -0.2) is 26.6 Å². The van der Waals surface area contributed by atoms with Crippen molar-refractivity contribution in [2.75, 3.05) is 0 Å². The van der Waals surface area contributed by atoms with E-state index in [1.807, 2.05) is 25.1 Å². The molecule has 1 aliphatic heterocycles. The molecule has 0 fully saturated rings. The zero-order valence-corrected chi connectivity index (χ0v) is 15.0. The second kappa shape index (κ2) is 7.23. The molecule has 4 rings (SSSR count). The Hall–Kier alpha value is -3.15. The first-order valence-electron chi connectivity index (χ1n) is 9.02. The van der Waals surface area contributed by atoms with Crippen molar-refractivity contribution >= 4 is 22.7 Å². The molecule has 27 heavy (non-hydrogen) atoms. The van der Waals surface area contributed by atoms with Gasteiger partial charge in [0.25, 0.3) is 0 Å². The van der Waals surface area contributed by atoms with E-state index in [-0.39, 0.29) is 17.8 Å². The van der Waals surface area contributed by atoms with Crippen LogP contribution >= 0.6 is 0 Å². The van der Waals surface area contributed by atoms with Crippen LogP contribution < -0.4 is 0 Å². The van der Waals surface area contributed by atoms with Gasteiger partial charge in [-0.15, -0.1) is 0 Å². The lowest BCUT2D eigenvalue weighted by Crippen LogP contribution is -2.26. The molecule has 0 bridgehead atoms. The van der Waals surface area contributed by atoms with Gasteiger partial charge >= 0.3 is 0 Å². The predicted octanol–water partition coefficient (Wildman–Crippen LogP) is 4.25. The van der Waals surface area contributed by atoms with E-state index in [0.717, 1.165) is 34.3 Å². The summed E-state index contributed by atoms with van der Waals surface area (Å²) in [5.74, 6) is -0.306. The molecule has 2 aromatic carbocycles. The van der Waals surface area contributed by atoms with Gasteiger partial charge in [-0.2, -0.15) is 5.10 Å². The average molecular weight is 362 g/mol. The van der Waals surface area contributed by atoms with Crippen molar-refractivity contribution in [1.82, 2.24) is 15.0 Å². The average Bonchev–Trinajstić information content (AvgIpc) is 3.14. The van der Waals surface area contributed by atoms with Crippen molar-refractivity contribution in [2.45, 2.75) is 32.2 Å². The van der Waals surface area contributed by atoms with E-state index in [0.29, 0.717) is 12.8 Å². The number of benzene rings is 2. The van der Waals surface area contributed by atoms with E-state index in [9.17, 15) is 9.18 Å². The first-order valence-corrected chi connectivity index (χ1v) is 9.02. The van der Waals surface area contributed by atoms with Crippen LogP contribution in [-0.2, 0) is 4.79 Å². The van der Waals surface area contributed by atoms with Crippen molar-refractivity contribution in [3.63, 3.8) is 0 Å². The molecule has 0 N–H and O–H groups in total. The molecule has 0 spiro atoms. The third kappa shape index (κ3) is 3.43. The molecular weight excluding hydrogens is 343 g/mol. The number of fused-ring (bicyclic) bond motifs is 1. The Morgan fingerprint density at radius 1 is 1.11 bits per heavy atom. The van der Waals surface area contributed by atoms with E-state index in [1.165, 1.54) is 12.1 Å². The standard InChI is InChI=1S/C21H19FN4O/c1-2-3-21(27)26-20(13-18(25-26)14-4-7-16(22)8-5-14)15-6-9-17-19(12-15)24-11-10-23-17/h4-12,20H,2-3,13H2,1H3. The van der Waals surface area contributed by atoms with Crippen LogP contribution in [0.15, 0.2) is 60.0 Å². The predicted molar refractivity (Wildman–Crippen MR) is 102 cm³/mol. The molecule has 0 saturated carbocycles. The van der Waals surface area contributed by atoms with Crippen molar-refractivity contribution in [2.24, 2.45) is 5.10 Å². The molecule has 1 atom stereocenters. The summed E-state index contributed by atoms with van der Waals surface area (Å²) < 4.78 is 13.3. The molecule has 1 aliphatic rings. The van der Waals surface area contributed by atoms with Gasteiger partial charge in [0.05, 0.1) is 22.8 Å². The minimum atomic E-state index is -0.291. The first-order chi connectivity index (χ1) is 13.2. The van der Waals surface area contributed by atoms with E-state index in [4.69, 9.17) is 0 Å². The van der Waals surface area contributed by atoms with Gasteiger partial charge < -0.3 is 0 Å². The number of hydrogen-bond acceptors (Lipinski definition) is 4. The summed E-state index contributed by atoms with van der Waals surface area (Å²) in [5, 5.41) is 6.16. The van der Waals surface area contributed by atoms with Gasteiger partial charge in [0.1, 0.15) is 5.82 Å². The van der Waals surface area contributed by atoms with Crippen LogP contribution in [0.5, 0.6) is 0 Å². The molecule has 5 nitrogen and oxygen atoms in total. The summed E-state index contributed by atoms with van der Waals surface area (Å²) in [4.78, 5) is 21.3. The fraction of sp³-hybridized carbons (Fsp3) is 0.238. The molecule has 136 valence electrons. The monoisotopic (exact) mass is 362 g/mol. The Balaban J connectivity index is 1.71. The lowest BCUT2D eigenvalue weighted by molar-refractivity contribution is -0.133. The Morgan fingerprint density at radius 3 is 2.59 bits per heavy atom. The Morgan fingerprint density at radius 2 is 1.85 bits per heavy atom. The van der Waals surface area contributed by atoms with Crippen LogP contribution in [0.25, 0.3) is 11.0 Å². The second-order valence-corrected chi connectivity index (χ2v) is 6.57. The second-order valence-electron chi connectivity index (χ2n) is 6.57. The van der Waals surface area contributed by atoms with Gasteiger partial charge in [-0.05, 0) is 41.8 Å². The number of carbonyl (C=O) groups excluding carboxylic acids is 1. The number of nitrogens with zero attached hydrogens (tertiary/aromatic N) is 4. The Bertz CT molecular complexity index is 1020. The molecule has 1 amide bonds. The zero-order chi connectivity index (χ0) is 18.8. The van der Waals surface area contributed by atoms with Crippen molar-refractivity contribution in [1.29, 1.82) is 0 Å². The quantitative estimate of drug-likeness (QED) is 0.697. The topological polar surface area (TPSA) is 58.5 Å². The zero-order valence-electron chi connectivity index (χ0n) is 15.0. The first kappa shape index (κ1) is 17.3. The number of aromatic nitrogens is 2. The maximum atomic E-state index is 13.3. The minimum Gasteiger partial charge on any atom is -0.273 e. The fourth-order valence-electron chi connectivity index (χ4n) is 3.33. The highest BCUT2D eigenvalue weighted by Gasteiger charge is 2.32. The summed E-state index contributed by atoms with van der Waals surface area (Å²) in [6.07, 6.45) is 5.08. The summed E-state index contributed by atoms with van der Waals surface area (Å²) in [5.41, 5.74) is 4.17. The van der Waals surface area contributed by atoms with Crippen LogP contribution in [0.3, 0.4) is 0 Å². The molecule has 0 aliphatic carbocycles. The fourth-order valence-corrected chi connectivity index (χ4v) is 3.33. The summed E-state index contributed by atoms with van der Waals surface area (Å²) in [6.45, 7) is 1.97. The van der Waals surface area contributed by atoms with Gasteiger partial charge in [-0.3, -0.25) is 14.8 Å². The third-order valence-electron chi connectivity index (χ3n) is 4.69. The van der Waals surface area contributed by atoms with Gasteiger partial charge in [-0.1, -0.05) is 25.1 Å². The molecule has 0 saturated heterocycles. The maximum Gasteiger partial charge on any atom is 0.243 e. The maximum absolute atomic E-state index is 13.3. The summed E-state index contributed by atoms with van der Waals surface area (Å²) in [7, 11) is 0. The van der Waals surface area contributed by atoms with Crippen LogP contribution in [0.1, 0.15) is 43.4 Å². The molecule has 3 aromatic rings. The van der Waals surface area contributed by atoms with Gasteiger partial charge in [0.2, 0.25) is 5.91 Å².